The van der Waals surface area contributed by atoms with Gasteiger partial charge in [-0.1, -0.05) is 23.7 Å². The fourth-order valence-corrected chi connectivity index (χ4v) is 2.47. The van der Waals surface area contributed by atoms with E-state index in [4.69, 9.17) is 22.1 Å². The number of carbonyl (C=O) groups is 1. The number of ether oxygens (including phenoxy) is 1. The number of hydrogen-bond acceptors (Lipinski definition) is 3. The van der Waals surface area contributed by atoms with Gasteiger partial charge in [0, 0.05) is 26.1 Å². The molecule has 1 saturated heterocycles. The summed E-state index contributed by atoms with van der Waals surface area (Å²) >= 11 is 6.18. The molecule has 0 aliphatic carbocycles. The van der Waals surface area contributed by atoms with E-state index >= 15 is 0 Å². The molecule has 0 bridgehead atoms. The molecular formula is C14H19ClN2O2. The molecule has 1 heterocycles. The maximum absolute atomic E-state index is 11.9. The van der Waals surface area contributed by atoms with Gasteiger partial charge < -0.3 is 15.4 Å². The SMILES string of the molecule is CC(N)Cc1cccc(Cl)c1OC1CCN(C)C1=O. The zero-order valence-electron chi connectivity index (χ0n) is 11.2. The summed E-state index contributed by atoms with van der Waals surface area (Å²) in [7, 11) is 1.78. The number of benzene rings is 1. The highest BCUT2D eigenvalue weighted by Crippen LogP contribution is 2.31. The molecule has 1 aliphatic rings. The van der Waals surface area contributed by atoms with Crippen LogP contribution in [0.15, 0.2) is 18.2 Å². The number of carbonyl (C=O) groups excluding carboxylic acids is 1. The van der Waals surface area contributed by atoms with Crippen molar-refractivity contribution in [2.45, 2.75) is 31.9 Å². The predicted octanol–water partition coefficient (Wildman–Crippen LogP) is 1.84. The van der Waals surface area contributed by atoms with Gasteiger partial charge in [-0.15, -0.1) is 0 Å². The minimum atomic E-state index is -0.434. The zero-order valence-corrected chi connectivity index (χ0v) is 12.0. The van der Waals surface area contributed by atoms with Crippen LogP contribution in [-0.2, 0) is 11.2 Å². The van der Waals surface area contributed by atoms with Crippen LogP contribution in [-0.4, -0.2) is 36.5 Å². The molecule has 0 spiro atoms. The number of rotatable bonds is 4. The van der Waals surface area contributed by atoms with Crippen LogP contribution in [0.1, 0.15) is 18.9 Å². The van der Waals surface area contributed by atoms with Gasteiger partial charge in [0.2, 0.25) is 0 Å². The van der Waals surface area contributed by atoms with Gasteiger partial charge in [-0.3, -0.25) is 4.79 Å². The maximum Gasteiger partial charge on any atom is 0.263 e. The van der Waals surface area contributed by atoms with Crippen molar-refractivity contribution < 1.29 is 9.53 Å². The number of likely N-dealkylation sites (N-methyl/N-ethyl adjacent to an activating group) is 1. The molecule has 1 aromatic carbocycles. The second-order valence-electron chi connectivity index (χ2n) is 5.06. The third kappa shape index (κ3) is 3.19. The van der Waals surface area contributed by atoms with Crippen LogP contribution >= 0.6 is 11.6 Å². The molecule has 1 aromatic rings. The summed E-state index contributed by atoms with van der Waals surface area (Å²) in [6.45, 7) is 2.65. The number of hydrogen-bond donors (Lipinski definition) is 1. The van der Waals surface area contributed by atoms with E-state index in [1.165, 1.54) is 0 Å². The molecule has 0 saturated carbocycles. The molecule has 1 amide bonds. The van der Waals surface area contributed by atoms with Gasteiger partial charge in [0.25, 0.3) is 5.91 Å². The quantitative estimate of drug-likeness (QED) is 0.917. The summed E-state index contributed by atoms with van der Waals surface area (Å²) in [5, 5.41) is 0.528. The van der Waals surface area contributed by atoms with Crippen LogP contribution in [0.5, 0.6) is 5.75 Å². The van der Waals surface area contributed by atoms with Crippen molar-refractivity contribution in [3.05, 3.63) is 28.8 Å². The molecule has 1 aliphatic heterocycles. The topological polar surface area (TPSA) is 55.6 Å². The Balaban J connectivity index is 2.21. The first-order chi connectivity index (χ1) is 8.99. The van der Waals surface area contributed by atoms with Gasteiger partial charge in [-0.2, -0.15) is 0 Å². The van der Waals surface area contributed by atoms with E-state index in [9.17, 15) is 4.79 Å². The molecule has 2 N–H and O–H groups in total. The van der Waals surface area contributed by atoms with Gasteiger partial charge in [0.15, 0.2) is 6.10 Å². The summed E-state index contributed by atoms with van der Waals surface area (Å²) in [5.41, 5.74) is 6.78. The fourth-order valence-electron chi connectivity index (χ4n) is 2.24. The number of nitrogens with zero attached hydrogens (tertiary/aromatic N) is 1. The first kappa shape index (κ1) is 14.2. The van der Waals surface area contributed by atoms with Gasteiger partial charge in [-0.05, 0) is 25.0 Å². The minimum Gasteiger partial charge on any atom is -0.479 e. The summed E-state index contributed by atoms with van der Waals surface area (Å²) < 4.78 is 5.84. The van der Waals surface area contributed by atoms with E-state index < -0.39 is 6.10 Å². The zero-order chi connectivity index (χ0) is 14.0. The van der Waals surface area contributed by atoms with E-state index in [2.05, 4.69) is 0 Å². The van der Waals surface area contributed by atoms with Crippen molar-refractivity contribution >= 4 is 17.5 Å². The average Bonchev–Trinajstić information content (AvgIpc) is 2.64. The molecule has 19 heavy (non-hydrogen) atoms. The molecule has 2 unspecified atom stereocenters. The lowest BCUT2D eigenvalue weighted by atomic mass is 10.1. The van der Waals surface area contributed by atoms with Crippen LogP contribution < -0.4 is 10.5 Å². The number of halogens is 1. The fraction of sp³-hybridized carbons (Fsp3) is 0.500. The third-order valence-corrected chi connectivity index (χ3v) is 3.53. The molecule has 0 radical (unpaired) electrons. The molecule has 5 heteroatoms. The van der Waals surface area contributed by atoms with Crippen LogP contribution in [0, 0.1) is 0 Å². The maximum atomic E-state index is 11.9. The number of amides is 1. The highest BCUT2D eigenvalue weighted by molar-refractivity contribution is 6.32. The second-order valence-corrected chi connectivity index (χ2v) is 5.47. The summed E-state index contributed by atoms with van der Waals surface area (Å²) in [5.74, 6) is 0.599. The minimum absolute atomic E-state index is 0.00617. The summed E-state index contributed by atoms with van der Waals surface area (Å²) in [6.07, 6.45) is 0.932. The van der Waals surface area contributed by atoms with Gasteiger partial charge in [0.1, 0.15) is 5.75 Å². The molecule has 2 rings (SSSR count). The smallest absolute Gasteiger partial charge is 0.263 e. The van der Waals surface area contributed by atoms with Crippen LogP contribution in [0.2, 0.25) is 5.02 Å². The largest absolute Gasteiger partial charge is 0.479 e. The predicted molar refractivity (Wildman–Crippen MR) is 75.5 cm³/mol. The van der Waals surface area contributed by atoms with E-state index in [1.807, 2.05) is 19.1 Å². The van der Waals surface area contributed by atoms with Gasteiger partial charge in [-0.25, -0.2) is 0 Å². The molecule has 2 atom stereocenters. The Morgan fingerprint density at radius 2 is 2.32 bits per heavy atom. The van der Waals surface area contributed by atoms with Crippen molar-refractivity contribution in [1.82, 2.24) is 4.90 Å². The van der Waals surface area contributed by atoms with Crippen LogP contribution in [0.25, 0.3) is 0 Å². The number of nitrogens with two attached hydrogens (primary N) is 1. The summed E-state index contributed by atoms with van der Waals surface area (Å²) in [6, 6.07) is 5.59. The van der Waals surface area contributed by atoms with Crippen molar-refractivity contribution in [2.24, 2.45) is 5.73 Å². The van der Waals surface area contributed by atoms with Crippen molar-refractivity contribution in [2.75, 3.05) is 13.6 Å². The van der Waals surface area contributed by atoms with Crippen LogP contribution in [0.4, 0.5) is 0 Å². The molecule has 0 aromatic heterocycles. The van der Waals surface area contributed by atoms with Crippen LogP contribution in [0.3, 0.4) is 0 Å². The lowest BCUT2D eigenvalue weighted by Gasteiger charge is -2.18. The molecule has 4 nitrogen and oxygen atoms in total. The van der Waals surface area contributed by atoms with Gasteiger partial charge >= 0.3 is 0 Å². The number of likely N-dealkylation sites (tertiary alicyclic amines) is 1. The Hall–Kier alpha value is -1.26. The van der Waals surface area contributed by atoms with Crippen molar-refractivity contribution in [3.63, 3.8) is 0 Å². The number of para-hydroxylation sites is 1. The Morgan fingerprint density at radius 1 is 1.58 bits per heavy atom. The lowest BCUT2D eigenvalue weighted by Crippen LogP contribution is -2.30. The third-order valence-electron chi connectivity index (χ3n) is 3.23. The van der Waals surface area contributed by atoms with E-state index in [-0.39, 0.29) is 11.9 Å². The first-order valence-corrected chi connectivity index (χ1v) is 6.81. The Bertz CT molecular complexity index is 477. The van der Waals surface area contributed by atoms with Gasteiger partial charge in [0.05, 0.1) is 5.02 Å². The lowest BCUT2D eigenvalue weighted by molar-refractivity contribution is -0.132. The summed E-state index contributed by atoms with van der Waals surface area (Å²) in [4.78, 5) is 13.6. The average molecular weight is 283 g/mol. The first-order valence-electron chi connectivity index (χ1n) is 6.43. The Labute approximate surface area is 118 Å². The highest BCUT2D eigenvalue weighted by atomic mass is 35.5. The highest BCUT2D eigenvalue weighted by Gasteiger charge is 2.31. The van der Waals surface area contributed by atoms with Crippen molar-refractivity contribution in [1.29, 1.82) is 0 Å². The van der Waals surface area contributed by atoms with E-state index in [0.717, 1.165) is 12.1 Å². The van der Waals surface area contributed by atoms with E-state index in [0.29, 0.717) is 23.6 Å². The normalized spacial score (nSPS) is 20.7. The molecule has 104 valence electrons. The standard InChI is InChI=1S/C14H19ClN2O2/c1-9(16)8-10-4-3-5-11(15)13(10)19-12-6-7-17(2)14(12)18/h3-5,9,12H,6-8,16H2,1-2H3. The van der Waals surface area contributed by atoms with Crippen molar-refractivity contribution in [3.8, 4) is 5.75 Å². The second kappa shape index (κ2) is 5.80. The molecular weight excluding hydrogens is 264 g/mol. The monoisotopic (exact) mass is 282 g/mol. The van der Waals surface area contributed by atoms with E-state index in [1.54, 1.807) is 18.0 Å². The Kier molecular flexibility index (Phi) is 4.32. The molecule has 1 fully saturated rings. The Morgan fingerprint density at radius 3 is 2.89 bits per heavy atom.